The predicted octanol–water partition coefficient (Wildman–Crippen LogP) is 5.19. The summed E-state index contributed by atoms with van der Waals surface area (Å²) in [4.78, 5) is 13.1. The number of hydrogen-bond acceptors (Lipinski definition) is 5. The summed E-state index contributed by atoms with van der Waals surface area (Å²) in [6, 6.07) is 14.1. The van der Waals surface area contributed by atoms with Gasteiger partial charge in [-0.3, -0.25) is 4.79 Å². The Balaban J connectivity index is 2.00. The lowest BCUT2D eigenvalue weighted by Gasteiger charge is -2.23. The van der Waals surface area contributed by atoms with Crippen LogP contribution in [0.1, 0.15) is 59.6 Å². The van der Waals surface area contributed by atoms with Crippen LogP contribution in [-0.4, -0.2) is 19.5 Å². The SMILES string of the molecule is Cc1cc(NC(=O)C(c2ccccc2)S(=O)(=O)Cc2c(C)cc(C(C)(C)C)cc2C)no1. The van der Waals surface area contributed by atoms with Gasteiger partial charge in [0.15, 0.2) is 20.9 Å². The quantitative estimate of drug-likeness (QED) is 0.553. The Morgan fingerprint density at radius 3 is 2.12 bits per heavy atom. The van der Waals surface area contributed by atoms with E-state index >= 15 is 0 Å². The molecule has 2 aromatic carbocycles. The fourth-order valence-corrected chi connectivity index (χ4v) is 5.69. The molecule has 0 saturated heterocycles. The molecule has 1 heterocycles. The number of benzene rings is 2. The van der Waals surface area contributed by atoms with Gasteiger partial charge in [0.25, 0.3) is 0 Å². The maximum atomic E-state index is 13.6. The molecular weight excluding hydrogens is 424 g/mol. The zero-order valence-electron chi connectivity index (χ0n) is 19.4. The van der Waals surface area contributed by atoms with Gasteiger partial charge in [0.05, 0.1) is 5.75 Å². The van der Waals surface area contributed by atoms with Crippen LogP contribution < -0.4 is 5.32 Å². The van der Waals surface area contributed by atoms with Gasteiger partial charge >= 0.3 is 0 Å². The van der Waals surface area contributed by atoms with Crippen molar-refractivity contribution in [1.82, 2.24) is 5.16 Å². The van der Waals surface area contributed by atoms with Gasteiger partial charge in [-0.1, -0.05) is 68.4 Å². The molecule has 0 bridgehead atoms. The Hall–Kier alpha value is -2.93. The lowest BCUT2D eigenvalue weighted by Crippen LogP contribution is -2.29. The molecule has 0 aliphatic rings. The van der Waals surface area contributed by atoms with Crippen molar-refractivity contribution in [2.45, 2.75) is 58.0 Å². The molecule has 7 heteroatoms. The van der Waals surface area contributed by atoms with Crippen LogP contribution in [0.4, 0.5) is 5.82 Å². The highest BCUT2D eigenvalue weighted by Crippen LogP contribution is 2.32. The Bertz CT molecular complexity index is 1200. The molecule has 1 unspecified atom stereocenters. The van der Waals surface area contributed by atoms with E-state index in [2.05, 4.69) is 31.2 Å². The summed E-state index contributed by atoms with van der Waals surface area (Å²) in [7, 11) is -3.90. The molecule has 6 nitrogen and oxygen atoms in total. The number of nitrogens with zero attached hydrogens (tertiary/aromatic N) is 1. The molecule has 0 spiro atoms. The van der Waals surface area contributed by atoms with Gasteiger partial charge in [-0.15, -0.1) is 0 Å². The van der Waals surface area contributed by atoms with Crippen molar-refractivity contribution < 1.29 is 17.7 Å². The number of hydrogen-bond donors (Lipinski definition) is 1. The summed E-state index contributed by atoms with van der Waals surface area (Å²) < 4.78 is 32.2. The minimum atomic E-state index is -3.90. The third-order valence-electron chi connectivity index (χ3n) is 5.49. The second-order valence-electron chi connectivity index (χ2n) is 9.25. The average molecular weight is 455 g/mol. The van der Waals surface area contributed by atoms with E-state index in [-0.39, 0.29) is 17.0 Å². The first-order valence-electron chi connectivity index (χ1n) is 10.5. The maximum Gasteiger partial charge on any atom is 0.248 e. The number of carbonyl (C=O) groups is 1. The van der Waals surface area contributed by atoms with Crippen LogP contribution in [0.15, 0.2) is 53.1 Å². The highest BCUT2D eigenvalue weighted by Gasteiger charge is 2.35. The number of carbonyl (C=O) groups excluding carboxylic acids is 1. The minimum Gasteiger partial charge on any atom is -0.360 e. The molecule has 1 amide bonds. The molecule has 0 aliphatic heterocycles. The minimum absolute atomic E-state index is 0.0465. The van der Waals surface area contributed by atoms with E-state index in [9.17, 15) is 13.2 Å². The first-order valence-corrected chi connectivity index (χ1v) is 12.2. The van der Waals surface area contributed by atoms with Crippen LogP contribution in [0.25, 0.3) is 0 Å². The summed E-state index contributed by atoms with van der Waals surface area (Å²) >= 11 is 0. The lowest BCUT2D eigenvalue weighted by atomic mass is 9.84. The van der Waals surface area contributed by atoms with E-state index in [1.54, 1.807) is 43.3 Å². The topological polar surface area (TPSA) is 89.3 Å². The molecule has 3 rings (SSSR count). The largest absolute Gasteiger partial charge is 0.360 e. The molecule has 1 atom stereocenters. The smallest absolute Gasteiger partial charge is 0.248 e. The molecule has 1 N–H and O–H groups in total. The van der Waals surface area contributed by atoms with Gasteiger partial charge in [-0.25, -0.2) is 8.42 Å². The first kappa shape index (κ1) is 23.7. The molecule has 0 saturated carbocycles. The fraction of sp³-hybridized carbons (Fsp3) is 0.360. The van der Waals surface area contributed by atoms with Crippen LogP contribution >= 0.6 is 0 Å². The van der Waals surface area contributed by atoms with Gasteiger partial charge < -0.3 is 9.84 Å². The molecule has 0 fully saturated rings. The van der Waals surface area contributed by atoms with Crippen molar-refractivity contribution in [2.24, 2.45) is 0 Å². The van der Waals surface area contributed by atoms with E-state index < -0.39 is 21.0 Å². The predicted molar refractivity (Wildman–Crippen MR) is 126 cm³/mol. The van der Waals surface area contributed by atoms with E-state index in [1.165, 1.54) is 0 Å². The number of sulfone groups is 1. The molecule has 0 radical (unpaired) electrons. The Kier molecular flexibility index (Phi) is 6.60. The number of aryl methyl sites for hydroxylation is 3. The third kappa shape index (κ3) is 5.27. The summed E-state index contributed by atoms with van der Waals surface area (Å²) in [5.41, 5.74) is 4.04. The molecule has 170 valence electrons. The lowest BCUT2D eigenvalue weighted by molar-refractivity contribution is -0.116. The first-order chi connectivity index (χ1) is 14.9. The van der Waals surface area contributed by atoms with Crippen LogP contribution in [0, 0.1) is 20.8 Å². The monoisotopic (exact) mass is 454 g/mol. The second kappa shape index (κ2) is 8.90. The summed E-state index contributed by atoms with van der Waals surface area (Å²) in [6.45, 7) is 11.9. The van der Waals surface area contributed by atoms with Crippen LogP contribution in [0.5, 0.6) is 0 Å². The van der Waals surface area contributed by atoms with Gasteiger partial charge in [-0.2, -0.15) is 0 Å². The van der Waals surface area contributed by atoms with E-state index in [4.69, 9.17) is 4.52 Å². The number of rotatable bonds is 6. The van der Waals surface area contributed by atoms with E-state index in [1.807, 2.05) is 26.0 Å². The number of amides is 1. The zero-order valence-corrected chi connectivity index (χ0v) is 20.2. The summed E-state index contributed by atoms with van der Waals surface area (Å²) in [6.07, 6.45) is 0. The molecular formula is C25H30N2O4S. The van der Waals surface area contributed by atoms with Gasteiger partial charge in [0.2, 0.25) is 5.91 Å². The van der Waals surface area contributed by atoms with Crippen LogP contribution in [0.2, 0.25) is 0 Å². The number of anilines is 1. The number of aromatic nitrogens is 1. The highest BCUT2D eigenvalue weighted by molar-refractivity contribution is 7.91. The number of nitrogens with one attached hydrogen (secondary N) is 1. The average Bonchev–Trinajstić information content (AvgIpc) is 3.09. The Labute approximate surface area is 189 Å². The Morgan fingerprint density at radius 1 is 1.03 bits per heavy atom. The van der Waals surface area contributed by atoms with E-state index in [0.717, 1.165) is 22.3 Å². The van der Waals surface area contributed by atoms with Crippen molar-refractivity contribution in [3.8, 4) is 0 Å². The standard InChI is InChI=1S/C25H30N2O4S/c1-16-12-20(25(4,5)6)13-17(2)21(16)15-32(29,30)23(19-10-8-7-9-11-19)24(28)26-22-14-18(3)31-27-22/h7-14,23H,15H2,1-6H3,(H,26,27,28). The van der Waals surface area contributed by atoms with Crippen LogP contribution in [0.3, 0.4) is 0 Å². The molecule has 3 aromatic rings. The molecule has 32 heavy (non-hydrogen) atoms. The van der Waals surface area contributed by atoms with Gasteiger partial charge in [0, 0.05) is 6.07 Å². The van der Waals surface area contributed by atoms with Crippen molar-refractivity contribution in [3.05, 3.63) is 82.1 Å². The Morgan fingerprint density at radius 2 is 1.62 bits per heavy atom. The van der Waals surface area contributed by atoms with Gasteiger partial charge in [-0.05, 0) is 54.0 Å². The zero-order chi connectivity index (χ0) is 23.7. The summed E-state index contributed by atoms with van der Waals surface area (Å²) in [5, 5.41) is 4.97. The highest BCUT2D eigenvalue weighted by atomic mass is 32.2. The fourth-order valence-electron chi connectivity index (χ4n) is 3.71. The van der Waals surface area contributed by atoms with Crippen molar-refractivity contribution in [2.75, 3.05) is 5.32 Å². The molecule has 0 aliphatic carbocycles. The van der Waals surface area contributed by atoms with Gasteiger partial charge in [0.1, 0.15) is 5.76 Å². The summed E-state index contributed by atoms with van der Waals surface area (Å²) in [5.74, 6) is -0.193. The van der Waals surface area contributed by atoms with Crippen LogP contribution in [-0.2, 0) is 25.8 Å². The van der Waals surface area contributed by atoms with Crippen molar-refractivity contribution >= 4 is 21.6 Å². The second-order valence-corrected chi connectivity index (χ2v) is 11.3. The normalized spacial score (nSPS) is 13.1. The maximum absolute atomic E-state index is 13.6. The van der Waals surface area contributed by atoms with Crippen molar-refractivity contribution in [1.29, 1.82) is 0 Å². The van der Waals surface area contributed by atoms with E-state index in [0.29, 0.717) is 11.3 Å². The van der Waals surface area contributed by atoms with Crippen molar-refractivity contribution in [3.63, 3.8) is 0 Å². The third-order valence-corrected chi connectivity index (χ3v) is 7.38. The molecule has 1 aromatic heterocycles.